The molecule has 2 aromatic carbocycles. The molecule has 0 amide bonds. The molecule has 5 rings (SSSR count). The van der Waals surface area contributed by atoms with Crippen LogP contribution < -0.4 is 0 Å². The molecule has 3 heterocycles. The monoisotopic (exact) mass is 481 g/mol. The summed E-state index contributed by atoms with van der Waals surface area (Å²) in [5, 5.41) is 27.0. The molecule has 1 unspecified atom stereocenters. The van der Waals surface area contributed by atoms with E-state index in [-0.39, 0.29) is 0 Å². The van der Waals surface area contributed by atoms with Crippen molar-refractivity contribution in [2.24, 2.45) is 0 Å². The number of benzene rings is 2. The van der Waals surface area contributed by atoms with Crippen molar-refractivity contribution in [2.45, 2.75) is 52.1 Å². The van der Waals surface area contributed by atoms with Gasteiger partial charge in [0.25, 0.3) is 0 Å². The van der Waals surface area contributed by atoms with Crippen LogP contribution in [-0.4, -0.2) is 46.0 Å². The number of rotatable bonds is 8. The number of unbranched alkanes of at least 4 members (excludes halogenated alkanes) is 1. The van der Waals surface area contributed by atoms with Gasteiger partial charge in [-0.05, 0) is 53.0 Å². The van der Waals surface area contributed by atoms with Crippen molar-refractivity contribution in [3.8, 4) is 22.5 Å². The predicted octanol–water partition coefficient (Wildman–Crippen LogP) is 5.72. The number of hydroxylamine groups is 2. The number of H-pyrrole nitrogens is 1. The second-order valence-corrected chi connectivity index (χ2v) is 9.51. The summed E-state index contributed by atoms with van der Waals surface area (Å²) in [5.74, 6) is 1.40. The van der Waals surface area contributed by atoms with Gasteiger partial charge in [-0.3, -0.25) is 5.21 Å². The Bertz CT molecular complexity index is 1390. The average molecular weight is 482 g/mol. The lowest BCUT2D eigenvalue weighted by molar-refractivity contribution is -0.0979. The summed E-state index contributed by atoms with van der Waals surface area (Å²) in [7, 11) is 0. The normalized spacial score (nSPS) is 17.7. The Labute approximate surface area is 211 Å². The van der Waals surface area contributed by atoms with Crippen molar-refractivity contribution in [3.63, 3.8) is 0 Å². The van der Waals surface area contributed by atoms with Gasteiger partial charge in [0.05, 0.1) is 5.54 Å². The number of imidazole rings is 1. The van der Waals surface area contributed by atoms with E-state index in [9.17, 15) is 5.21 Å². The molecule has 4 aromatic rings. The molecule has 1 aliphatic heterocycles. The van der Waals surface area contributed by atoms with Gasteiger partial charge in [-0.1, -0.05) is 80.4 Å². The van der Waals surface area contributed by atoms with Crippen LogP contribution in [0.25, 0.3) is 28.2 Å². The number of tetrazole rings is 1. The van der Waals surface area contributed by atoms with Crippen molar-refractivity contribution in [2.75, 3.05) is 0 Å². The summed E-state index contributed by atoms with van der Waals surface area (Å²) in [6.45, 7) is 6.90. The minimum atomic E-state index is -0.449. The highest BCUT2D eigenvalue weighted by Gasteiger charge is 2.35. The Morgan fingerprint density at radius 2 is 1.83 bits per heavy atom. The SMILES string of the molecule is CCCCC1(C)C=CC(C)=C(c2nccn2Cc2ccc(-c3ccccc3-c3nnn[nH]3)cc2)N1O. The van der Waals surface area contributed by atoms with E-state index in [0.29, 0.717) is 12.4 Å². The van der Waals surface area contributed by atoms with Gasteiger partial charge in [0.15, 0.2) is 11.6 Å². The Morgan fingerprint density at radius 1 is 1.06 bits per heavy atom. The van der Waals surface area contributed by atoms with Crippen LogP contribution in [0.1, 0.15) is 51.4 Å². The highest BCUT2D eigenvalue weighted by molar-refractivity contribution is 5.80. The molecular weight excluding hydrogens is 450 g/mol. The zero-order valence-electron chi connectivity index (χ0n) is 20.9. The molecule has 0 aliphatic carbocycles. The molecule has 36 heavy (non-hydrogen) atoms. The van der Waals surface area contributed by atoms with Crippen molar-refractivity contribution in [1.82, 2.24) is 35.2 Å². The maximum absolute atomic E-state index is 11.3. The number of allylic oxidation sites excluding steroid dienone is 2. The lowest BCUT2D eigenvalue weighted by Crippen LogP contribution is -2.44. The minimum Gasteiger partial charge on any atom is -0.325 e. The molecular formula is C28H31N7O. The van der Waals surface area contributed by atoms with Crippen molar-refractivity contribution in [3.05, 3.63) is 90.0 Å². The number of aromatic amines is 1. The summed E-state index contributed by atoms with van der Waals surface area (Å²) in [4.78, 5) is 4.64. The van der Waals surface area contributed by atoms with E-state index < -0.39 is 5.54 Å². The van der Waals surface area contributed by atoms with Gasteiger partial charge >= 0.3 is 0 Å². The first-order valence-corrected chi connectivity index (χ1v) is 12.3. The number of hydrogen-bond acceptors (Lipinski definition) is 6. The number of nitrogens with zero attached hydrogens (tertiary/aromatic N) is 6. The smallest absolute Gasteiger partial charge is 0.180 e. The van der Waals surface area contributed by atoms with Gasteiger partial charge in [-0.15, -0.1) is 5.10 Å². The standard InChI is InChI=1S/C28H31N7O/c1-4-5-15-28(3)16-14-20(2)25(35(28)36)27-29-17-18-34(27)19-21-10-12-22(13-11-21)23-8-6-7-9-24(23)26-30-32-33-31-26/h6-14,16-18,36H,4-5,15,19H2,1-3H3,(H,30,31,32,33). The molecule has 0 bridgehead atoms. The van der Waals surface area contributed by atoms with Crippen molar-refractivity contribution in [1.29, 1.82) is 0 Å². The largest absolute Gasteiger partial charge is 0.325 e. The maximum atomic E-state index is 11.3. The molecule has 8 heteroatoms. The van der Waals surface area contributed by atoms with E-state index in [4.69, 9.17) is 0 Å². The second kappa shape index (κ2) is 9.91. The lowest BCUT2D eigenvalue weighted by Gasteiger charge is -2.40. The molecule has 2 aromatic heterocycles. The van der Waals surface area contributed by atoms with E-state index in [1.165, 1.54) is 5.06 Å². The van der Waals surface area contributed by atoms with Gasteiger partial charge in [0, 0.05) is 24.5 Å². The van der Waals surface area contributed by atoms with Crippen LogP contribution in [0.2, 0.25) is 0 Å². The van der Waals surface area contributed by atoms with Crippen LogP contribution in [-0.2, 0) is 6.54 Å². The first-order chi connectivity index (χ1) is 17.5. The molecule has 0 saturated heterocycles. The zero-order chi connectivity index (χ0) is 25.1. The Kier molecular flexibility index (Phi) is 6.52. The molecule has 184 valence electrons. The number of hydrogen-bond donors (Lipinski definition) is 2. The minimum absolute atomic E-state index is 0.449. The summed E-state index contributed by atoms with van der Waals surface area (Å²) in [6, 6.07) is 16.5. The number of nitrogens with one attached hydrogen (secondary N) is 1. The topological polar surface area (TPSA) is 95.8 Å². The van der Waals surface area contributed by atoms with E-state index >= 15 is 0 Å². The maximum Gasteiger partial charge on any atom is 0.180 e. The van der Waals surface area contributed by atoms with Crippen molar-refractivity contribution < 1.29 is 5.21 Å². The highest BCUT2D eigenvalue weighted by atomic mass is 16.5. The molecule has 1 aliphatic rings. The summed E-state index contributed by atoms with van der Waals surface area (Å²) in [6.07, 6.45) is 11.0. The number of aromatic nitrogens is 6. The average Bonchev–Trinajstić information content (AvgIpc) is 3.59. The molecule has 0 fully saturated rings. The van der Waals surface area contributed by atoms with Gasteiger partial charge in [-0.25, -0.2) is 15.1 Å². The third-order valence-corrected chi connectivity index (χ3v) is 6.87. The van der Waals surface area contributed by atoms with Crippen molar-refractivity contribution >= 4 is 5.70 Å². The predicted molar refractivity (Wildman–Crippen MR) is 140 cm³/mol. The van der Waals surface area contributed by atoms with Gasteiger partial charge in [0.1, 0.15) is 5.70 Å². The molecule has 0 spiro atoms. The van der Waals surface area contributed by atoms with E-state index in [0.717, 1.165) is 58.6 Å². The fourth-order valence-electron chi connectivity index (χ4n) is 4.73. The highest BCUT2D eigenvalue weighted by Crippen LogP contribution is 2.36. The summed E-state index contributed by atoms with van der Waals surface area (Å²) < 4.78 is 2.09. The van der Waals surface area contributed by atoms with Crippen LogP contribution in [0, 0.1) is 0 Å². The van der Waals surface area contributed by atoms with Crippen LogP contribution in [0.4, 0.5) is 0 Å². The van der Waals surface area contributed by atoms with Crippen LogP contribution in [0.5, 0.6) is 0 Å². The van der Waals surface area contributed by atoms with Gasteiger partial charge < -0.3 is 4.57 Å². The Morgan fingerprint density at radius 3 is 2.56 bits per heavy atom. The van der Waals surface area contributed by atoms with Crippen LogP contribution in [0.3, 0.4) is 0 Å². The fraction of sp³-hybridized carbons (Fsp3) is 0.286. The first-order valence-electron chi connectivity index (χ1n) is 12.3. The first kappa shape index (κ1) is 23.7. The quantitative estimate of drug-likeness (QED) is 0.334. The fourth-order valence-corrected chi connectivity index (χ4v) is 4.73. The second-order valence-electron chi connectivity index (χ2n) is 9.51. The Hall–Kier alpha value is -4.04. The summed E-state index contributed by atoms with van der Waals surface area (Å²) in [5.41, 5.74) is 5.54. The third kappa shape index (κ3) is 4.47. The molecule has 0 radical (unpaired) electrons. The zero-order valence-corrected chi connectivity index (χ0v) is 20.9. The molecule has 8 nitrogen and oxygen atoms in total. The van der Waals surface area contributed by atoms with E-state index in [2.05, 4.69) is 86.5 Å². The van der Waals surface area contributed by atoms with Gasteiger partial charge in [-0.2, -0.15) is 0 Å². The summed E-state index contributed by atoms with van der Waals surface area (Å²) >= 11 is 0. The molecule has 0 saturated carbocycles. The van der Waals surface area contributed by atoms with E-state index in [1.807, 2.05) is 31.3 Å². The van der Waals surface area contributed by atoms with Gasteiger partial charge in [0.2, 0.25) is 0 Å². The molecule has 1 atom stereocenters. The molecule has 2 N–H and O–H groups in total. The van der Waals surface area contributed by atoms with Crippen LogP contribution >= 0.6 is 0 Å². The third-order valence-electron chi connectivity index (χ3n) is 6.87. The van der Waals surface area contributed by atoms with E-state index in [1.54, 1.807) is 6.20 Å². The Balaban J connectivity index is 1.40. The van der Waals surface area contributed by atoms with Crippen LogP contribution in [0.15, 0.2) is 78.6 Å². The lowest BCUT2D eigenvalue weighted by atomic mass is 9.89.